The Morgan fingerprint density at radius 1 is 1.19 bits per heavy atom. The van der Waals surface area contributed by atoms with Gasteiger partial charge in [-0.1, -0.05) is 12.1 Å². The van der Waals surface area contributed by atoms with Crippen molar-refractivity contribution in [3.05, 3.63) is 59.7 Å². The summed E-state index contributed by atoms with van der Waals surface area (Å²) < 4.78 is 2.92. The average molecular weight is 489 g/mol. The highest BCUT2D eigenvalue weighted by Crippen LogP contribution is 2.44. The van der Waals surface area contributed by atoms with Crippen LogP contribution in [0, 0.1) is 5.92 Å². The number of hydrogen-bond donors (Lipinski definition) is 1. The number of nitrogens with one attached hydrogen (secondary N) is 1. The highest BCUT2D eigenvalue weighted by molar-refractivity contribution is 5.63. The van der Waals surface area contributed by atoms with Crippen molar-refractivity contribution >= 4 is 17.6 Å². The quantitative estimate of drug-likeness (QED) is 0.571. The van der Waals surface area contributed by atoms with Crippen LogP contribution >= 0.6 is 0 Å². The number of nitrogens with zero attached hydrogens (tertiary/aromatic N) is 5. The zero-order valence-electron chi connectivity index (χ0n) is 21.5. The van der Waals surface area contributed by atoms with Gasteiger partial charge in [0.25, 0.3) is 0 Å². The molecule has 2 aliphatic heterocycles. The van der Waals surface area contributed by atoms with E-state index in [-0.39, 0.29) is 11.6 Å². The van der Waals surface area contributed by atoms with E-state index in [0.29, 0.717) is 29.5 Å². The normalized spacial score (nSPS) is 28.2. The highest BCUT2D eigenvalue weighted by atomic mass is 16.4. The van der Waals surface area contributed by atoms with Crippen LogP contribution in [0.2, 0.25) is 0 Å². The molecule has 0 radical (unpaired) electrons. The first kappa shape index (κ1) is 23.4. The summed E-state index contributed by atoms with van der Waals surface area (Å²) in [7, 11) is 0. The number of rotatable bonds is 4. The Hall–Kier alpha value is -2.97. The maximum absolute atomic E-state index is 11.1. The summed E-state index contributed by atoms with van der Waals surface area (Å²) in [5.41, 5.74) is 4.58. The molecule has 0 saturated carbocycles. The van der Waals surface area contributed by atoms with Gasteiger partial charge >= 0.3 is 0 Å². The van der Waals surface area contributed by atoms with Crippen LogP contribution in [0.4, 0.5) is 10.6 Å². The number of fused-ring (bicyclic) bond motifs is 4. The lowest BCUT2D eigenvalue weighted by atomic mass is 9.77. The predicted molar refractivity (Wildman–Crippen MR) is 137 cm³/mol. The Bertz CT molecular complexity index is 1290. The number of hydrogen-bond acceptors (Lipinski definition) is 5. The van der Waals surface area contributed by atoms with Crippen molar-refractivity contribution in [1.29, 1.82) is 0 Å². The predicted octanol–water partition coefficient (Wildman–Crippen LogP) is 3.05. The van der Waals surface area contributed by atoms with Gasteiger partial charge in [0.2, 0.25) is 5.82 Å². The molecule has 2 saturated heterocycles. The molecule has 2 unspecified atom stereocenters. The standard InChI is InChI=1S/C28H36N6O2/c1-28(2,3)34(17-22(18-34)31-27(35)36)24-10-4-9-23-30-21(16-33(23)24)15-32-14-6-8-20-12-11-19-7-5-13-29-25(19)26(20)32/h4-5,7,9-10,13,16,20,22,26,31H,6,8,11-12,14-15,17-18H2,1-3H3. The molecule has 190 valence electrons. The largest absolute Gasteiger partial charge is 0.530 e. The van der Waals surface area contributed by atoms with Gasteiger partial charge < -0.3 is 15.2 Å². The molecule has 1 aliphatic carbocycles. The van der Waals surface area contributed by atoms with Gasteiger partial charge in [-0.05, 0) is 76.6 Å². The van der Waals surface area contributed by atoms with Crippen molar-refractivity contribution in [2.24, 2.45) is 5.92 Å². The van der Waals surface area contributed by atoms with E-state index >= 15 is 0 Å². The van der Waals surface area contributed by atoms with Crippen LogP contribution in [0.15, 0.2) is 42.7 Å². The Morgan fingerprint density at radius 3 is 2.81 bits per heavy atom. The van der Waals surface area contributed by atoms with Gasteiger partial charge in [0.15, 0.2) is 0 Å². The Labute approximate surface area is 212 Å². The van der Waals surface area contributed by atoms with Crippen LogP contribution in [0.3, 0.4) is 0 Å². The first-order valence-corrected chi connectivity index (χ1v) is 13.3. The molecular formula is C28H36N6O2. The number of likely N-dealkylation sites (tertiary alicyclic amines) is 2. The van der Waals surface area contributed by atoms with Crippen molar-refractivity contribution in [3.63, 3.8) is 0 Å². The van der Waals surface area contributed by atoms with Gasteiger partial charge in [-0.25, -0.2) is 4.98 Å². The number of aromatic nitrogens is 3. The Balaban J connectivity index is 1.32. The molecule has 1 N–H and O–H groups in total. The lowest BCUT2D eigenvalue weighted by Crippen LogP contribution is -2.79. The van der Waals surface area contributed by atoms with Crippen LogP contribution in [-0.4, -0.2) is 56.6 Å². The fourth-order valence-electron chi connectivity index (χ4n) is 7.01. The van der Waals surface area contributed by atoms with Crippen LogP contribution in [0.25, 0.3) is 5.65 Å². The number of imidazole rings is 1. The van der Waals surface area contributed by atoms with Crippen LogP contribution in [-0.2, 0) is 13.0 Å². The van der Waals surface area contributed by atoms with E-state index < -0.39 is 6.09 Å². The van der Waals surface area contributed by atoms with E-state index in [9.17, 15) is 9.90 Å². The molecule has 8 nitrogen and oxygen atoms in total. The molecule has 0 aromatic carbocycles. The minimum absolute atomic E-state index is 0.0968. The molecule has 8 heteroatoms. The minimum Gasteiger partial charge on any atom is -0.530 e. The maximum atomic E-state index is 11.1. The van der Waals surface area contributed by atoms with Gasteiger partial charge in [-0.2, -0.15) is 0 Å². The number of piperidine rings is 1. The van der Waals surface area contributed by atoms with E-state index in [2.05, 4.69) is 71.9 Å². The number of pyridine rings is 2. The summed E-state index contributed by atoms with van der Waals surface area (Å²) in [6.07, 6.45) is 7.81. The smallest absolute Gasteiger partial charge is 0.214 e. The zero-order chi connectivity index (χ0) is 25.1. The zero-order valence-corrected chi connectivity index (χ0v) is 21.5. The van der Waals surface area contributed by atoms with Gasteiger partial charge in [-0.3, -0.25) is 18.8 Å². The van der Waals surface area contributed by atoms with E-state index in [1.165, 1.54) is 30.5 Å². The second kappa shape index (κ2) is 8.56. The fraction of sp³-hybridized carbons (Fsp3) is 0.536. The molecule has 5 heterocycles. The van der Waals surface area contributed by atoms with Crippen LogP contribution in [0.5, 0.6) is 0 Å². The highest BCUT2D eigenvalue weighted by Gasteiger charge is 2.54. The van der Waals surface area contributed by atoms with E-state index in [4.69, 9.17) is 9.97 Å². The number of quaternary nitrogens is 1. The van der Waals surface area contributed by atoms with Crippen molar-refractivity contribution in [2.75, 3.05) is 19.6 Å². The molecule has 3 aromatic heterocycles. The van der Waals surface area contributed by atoms with Crippen molar-refractivity contribution in [3.8, 4) is 0 Å². The summed E-state index contributed by atoms with van der Waals surface area (Å²) in [6, 6.07) is 10.9. The first-order chi connectivity index (χ1) is 17.2. The van der Waals surface area contributed by atoms with Crippen molar-refractivity contribution in [1.82, 2.24) is 29.1 Å². The minimum atomic E-state index is -1.20. The third kappa shape index (κ3) is 3.78. The third-order valence-electron chi connectivity index (χ3n) is 8.85. The molecular weight excluding hydrogens is 452 g/mol. The molecule has 6 rings (SSSR count). The summed E-state index contributed by atoms with van der Waals surface area (Å²) in [4.78, 5) is 23.6. The number of carbonyl (C=O) groups excluding carboxylic acids is 1. The van der Waals surface area contributed by atoms with Crippen LogP contribution in [0.1, 0.15) is 63.0 Å². The van der Waals surface area contributed by atoms with Gasteiger partial charge in [0.1, 0.15) is 30.9 Å². The van der Waals surface area contributed by atoms with E-state index in [1.807, 2.05) is 6.20 Å². The number of aryl methyl sites for hydroxylation is 1. The first-order valence-electron chi connectivity index (χ1n) is 13.3. The molecule has 3 aliphatic rings. The Morgan fingerprint density at radius 2 is 2.03 bits per heavy atom. The monoisotopic (exact) mass is 488 g/mol. The summed E-state index contributed by atoms with van der Waals surface area (Å²) >= 11 is 0. The second-order valence-corrected chi connectivity index (χ2v) is 11.9. The Kier molecular flexibility index (Phi) is 5.57. The van der Waals surface area contributed by atoms with Gasteiger partial charge in [0, 0.05) is 25.0 Å². The molecule has 3 aromatic rings. The van der Waals surface area contributed by atoms with E-state index in [0.717, 1.165) is 36.7 Å². The molecule has 2 fully saturated rings. The van der Waals surface area contributed by atoms with Gasteiger partial charge in [-0.15, -0.1) is 0 Å². The summed E-state index contributed by atoms with van der Waals surface area (Å²) in [6.45, 7) is 9.94. The average Bonchev–Trinajstić information content (AvgIpc) is 3.23. The number of amides is 1. The lowest BCUT2D eigenvalue weighted by Gasteiger charge is -2.57. The number of carbonyl (C=O) groups is 1. The molecule has 1 amide bonds. The SMILES string of the molecule is CC(C)(C)[N+]1(c2cccc3nc(CN4CCCC5CCc6cccnc6C54)cn23)CC(NC(=O)[O-])C1. The lowest BCUT2D eigenvalue weighted by molar-refractivity contribution is -0.252. The topological polar surface area (TPSA) is 85.6 Å². The maximum Gasteiger partial charge on any atom is 0.214 e. The van der Waals surface area contributed by atoms with E-state index in [1.54, 1.807) is 0 Å². The fourth-order valence-corrected chi connectivity index (χ4v) is 7.01. The molecule has 0 bridgehead atoms. The van der Waals surface area contributed by atoms with Gasteiger partial charge in [0.05, 0.1) is 23.0 Å². The van der Waals surface area contributed by atoms with Crippen molar-refractivity contribution in [2.45, 2.75) is 70.6 Å². The molecule has 36 heavy (non-hydrogen) atoms. The molecule has 2 atom stereocenters. The third-order valence-corrected chi connectivity index (χ3v) is 8.85. The molecule has 0 spiro atoms. The summed E-state index contributed by atoms with van der Waals surface area (Å²) in [5, 5.41) is 13.7. The second-order valence-electron chi connectivity index (χ2n) is 11.9. The number of carboxylic acid groups (broad SMARTS) is 1. The summed E-state index contributed by atoms with van der Waals surface area (Å²) in [5.74, 6) is 1.81. The van der Waals surface area contributed by atoms with Crippen LogP contribution < -0.4 is 14.9 Å². The van der Waals surface area contributed by atoms with Crippen molar-refractivity contribution < 1.29 is 9.90 Å².